The first-order valence-electron chi connectivity index (χ1n) is 9.14. The Morgan fingerprint density at radius 1 is 1.00 bits per heavy atom. The van der Waals surface area contributed by atoms with Crippen LogP contribution in [0.4, 0.5) is 0 Å². The van der Waals surface area contributed by atoms with Crippen LogP contribution >= 0.6 is 0 Å². The van der Waals surface area contributed by atoms with Crippen molar-refractivity contribution in [2.24, 2.45) is 34.5 Å². The lowest BCUT2D eigenvalue weighted by Gasteiger charge is -2.56. The van der Waals surface area contributed by atoms with Crippen molar-refractivity contribution in [2.45, 2.75) is 65.7 Å². The third-order valence-electron chi connectivity index (χ3n) is 7.90. The Kier molecular flexibility index (Phi) is 3.03. The fourth-order valence-corrected chi connectivity index (χ4v) is 6.36. The van der Waals surface area contributed by atoms with Crippen molar-refractivity contribution in [3.05, 3.63) is 11.6 Å². The van der Waals surface area contributed by atoms with Gasteiger partial charge >= 0.3 is 0 Å². The summed E-state index contributed by atoms with van der Waals surface area (Å²) in [6.07, 6.45) is 9.33. The average molecular weight is 300 g/mol. The number of hydrogen-bond donors (Lipinski definition) is 0. The van der Waals surface area contributed by atoms with Crippen molar-refractivity contribution in [3.63, 3.8) is 0 Å². The molecule has 2 nitrogen and oxygen atoms in total. The van der Waals surface area contributed by atoms with Gasteiger partial charge in [0.2, 0.25) is 0 Å². The van der Waals surface area contributed by atoms with Crippen molar-refractivity contribution in [2.75, 3.05) is 0 Å². The molecule has 4 rings (SSSR count). The monoisotopic (exact) mass is 300 g/mol. The van der Waals surface area contributed by atoms with Crippen molar-refractivity contribution >= 4 is 11.6 Å². The Morgan fingerprint density at radius 2 is 1.68 bits per heavy atom. The highest BCUT2D eigenvalue weighted by Gasteiger charge is 2.60. The summed E-state index contributed by atoms with van der Waals surface area (Å²) in [6.45, 7) is 6.86. The minimum atomic E-state index is -0.208. The lowest BCUT2D eigenvalue weighted by Crippen LogP contribution is -2.53. The van der Waals surface area contributed by atoms with Crippen LogP contribution in [-0.2, 0) is 9.59 Å². The maximum Gasteiger partial charge on any atom is 0.159 e. The van der Waals surface area contributed by atoms with Crippen LogP contribution in [0.3, 0.4) is 0 Å². The Balaban J connectivity index is 1.76. The molecule has 0 unspecified atom stereocenters. The molecule has 3 saturated carbocycles. The average Bonchev–Trinajstić information content (AvgIpc) is 2.77. The third kappa shape index (κ3) is 1.73. The molecule has 0 heterocycles. The van der Waals surface area contributed by atoms with Gasteiger partial charge in [0.15, 0.2) is 5.78 Å². The number of hydrogen-bond acceptors (Lipinski definition) is 2. The van der Waals surface area contributed by atoms with Crippen LogP contribution in [0.15, 0.2) is 11.6 Å². The first-order valence-corrected chi connectivity index (χ1v) is 9.14. The zero-order chi connectivity index (χ0) is 15.7. The van der Waals surface area contributed by atoms with Gasteiger partial charge in [-0.3, -0.25) is 9.59 Å². The van der Waals surface area contributed by atoms with Gasteiger partial charge in [0.05, 0.1) is 0 Å². The Morgan fingerprint density at radius 3 is 2.45 bits per heavy atom. The predicted molar refractivity (Wildman–Crippen MR) is 86.3 cm³/mol. The van der Waals surface area contributed by atoms with E-state index in [4.69, 9.17) is 0 Å². The van der Waals surface area contributed by atoms with Crippen molar-refractivity contribution in [1.82, 2.24) is 0 Å². The van der Waals surface area contributed by atoms with Gasteiger partial charge in [-0.1, -0.05) is 26.3 Å². The third-order valence-corrected chi connectivity index (χ3v) is 7.90. The molecule has 6 atom stereocenters. The van der Waals surface area contributed by atoms with Gasteiger partial charge in [0.25, 0.3) is 0 Å². The largest absolute Gasteiger partial charge is 0.299 e. The Bertz CT molecular complexity index is 574. The molecule has 0 N–H and O–H groups in total. The molecule has 3 fully saturated rings. The van der Waals surface area contributed by atoms with Crippen LogP contribution in [0, 0.1) is 34.5 Å². The number of Topliss-reactive ketones (excluding diaryl/α,β-unsaturated/α-hetero) is 1. The molecule has 4 aliphatic rings. The van der Waals surface area contributed by atoms with E-state index >= 15 is 0 Å². The van der Waals surface area contributed by atoms with Gasteiger partial charge in [-0.15, -0.1) is 0 Å². The van der Waals surface area contributed by atoms with E-state index in [0.29, 0.717) is 35.7 Å². The second kappa shape index (κ2) is 4.55. The minimum absolute atomic E-state index is 0.118. The second-order valence-electron chi connectivity index (χ2n) is 8.99. The maximum atomic E-state index is 12.9. The zero-order valence-electron chi connectivity index (χ0n) is 14.2. The summed E-state index contributed by atoms with van der Waals surface area (Å²) in [4.78, 5) is 25.3. The van der Waals surface area contributed by atoms with E-state index in [2.05, 4.69) is 20.8 Å². The second-order valence-corrected chi connectivity index (χ2v) is 8.99. The summed E-state index contributed by atoms with van der Waals surface area (Å²) in [5.41, 5.74) is 1.43. The normalized spacial score (nSPS) is 51.0. The van der Waals surface area contributed by atoms with Crippen LogP contribution in [0.5, 0.6) is 0 Å². The van der Waals surface area contributed by atoms with Crippen LogP contribution in [-0.4, -0.2) is 11.6 Å². The number of carbonyl (C=O) groups is 2. The quantitative estimate of drug-likeness (QED) is 0.667. The van der Waals surface area contributed by atoms with Crippen molar-refractivity contribution in [3.8, 4) is 0 Å². The van der Waals surface area contributed by atoms with Crippen LogP contribution < -0.4 is 0 Å². The zero-order valence-corrected chi connectivity index (χ0v) is 14.2. The SMILES string of the molecule is C[C@H]1CC[C@@]2(C)C(=CC(=O)[C@@H]3[C@@H]2CC[C@]2(C)C(=O)CC[C@@H]32)C1. The molecular weight excluding hydrogens is 272 g/mol. The van der Waals surface area contributed by atoms with Crippen molar-refractivity contribution in [1.29, 1.82) is 0 Å². The molecule has 0 saturated heterocycles. The highest BCUT2D eigenvalue weighted by molar-refractivity contribution is 5.96. The van der Waals surface area contributed by atoms with Gasteiger partial charge < -0.3 is 0 Å². The fraction of sp³-hybridized carbons (Fsp3) is 0.800. The first kappa shape index (κ1) is 14.7. The molecule has 22 heavy (non-hydrogen) atoms. The molecule has 0 spiro atoms. The first-order chi connectivity index (χ1) is 10.4. The van der Waals surface area contributed by atoms with E-state index < -0.39 is 0 Å². The van der Waals surface area contributed by atoms with E-state index in [0.717, 1.165) is 25.7 Å². The summed E-state index contributed by atoms with van der Waals surface area (Å²) in [7, 11) is 0. The molecule has 0 aliphatic heterocycles. The number of fused-ring (bicyclic) bond motifs is 5. The van der Waals surface area contributed by atoms with Gasteiger partial charge in [-0.25, -0.2) is 0 Å². The highest BCUT2D eigenvalue weighted by atomic mass is 16.1. The van der Waals surface area contributed by atoms with Gasteiger partial charge in [-0.05, 0) is 67.8 Å². The number of allylic oxidation sites excluding steroid dienone is 2. The summed E-state index contributed by atoms with van der Waals surface area (Å²) in [5, 5.41) is 0. The van der Waals surface area contributed by atoms with Crippen LogP contribution in [0.1, 0.15) is 65.7 Å². The molecule has 120 valence electrons. The minimum Gasteiger partial charge on any atom is -0.299 e. The van der Waals surface area contributed by atoms with Gasteiger partial charge in [-0.2, -0.15) is 0 Å². The Hall–Kier alpha value is -0.920. The van der Waals surface area contributed by atoms with Gasteiger partial charge in [0, 0.05) is 17.8 Å². The van der Waals surface area contributed by atoms with E-state index in [1.165, 1.54) is 18.4 Å². The fourth-order valence-electron chi connectivity index (χ4n) is 6.36. The summed E-state index contributed by atoms with van der Waals surface area (Å²) >= 11 is 0. The standard InChI is InChI=1S/C20H28O2/c1-12-6-8-19(2)13(10-12)11-16(21)18-14-4-5-17(22)20(14,3)9-7-15(18)19/h11-12,14-15,18H,4-10H2,1-3H3/t12-,14-,15-,18-,19-,20-/m0/s1. The number of rotatable bonds is 0. The highest BCUT2D eigenvalue weighted by Crippen LogP contribution is 2.63. The molecule has 0 amide bonds. The lowest BCUT2D eigenvalue weighted by atomic mass is 9.47. The van der Waals surface area contributed by atoms with E-state index in [9.17, 15) is 9.59 Å². The summed E-state index contributed by atoms with van der Waals surface area (Å²) in [5.74, 6) is 2.38. The molecule has 0 bridgehead atoms. The van der Waals surface area contributed by atoms with E-state index in [-0.39, 0.29) is 16.7 Å². The molecule has 0 aromatic heterocycles. The topological polar surface area (TPSA) is 34.1 Å². The molecule has 0 aromatic rings. The molecule has 4 aliphatic carbocycles. The lowest BCUT2D eigenvalue weighted by molar-refractivity contribution is -0.139. The number of ketones is 2. The smallest absolute Gasteiger partial charge is 0.159 e. The van der Waals surface area contributed by atoms with Crippen molar-refractivity contribution < 1.29 is 9.59 Å². The van der Waals surface area contributed by atoms with E-state index in [1.54, 1.807) is 0 Å². The predicted octanol–water partition coefficient (Wildman–Crippen LogP) is 4.33. The summed E-state index contributed by atoms with van der Waals surface area (Å²) < 4.78 is 0. The van der Waals surface area contributed by atoms with E-state index in [1.807, 2.05) is 6.08 Å². The maximum absolute atomic E-state index is 12.9. The summed E-state index contributed by atoms with van der Waals surface area (Å²) in [6, 6.07) is 0. The molecule has 2 heteroatoms. The molecular formula is C20H28O2. The molecule has 0 radical (unpaired) electrons. The molecule has 0 aromatic carbocycles. The van der Waals surface area contributed by atoms with Crippen LogP contribution in [0.2, 0.25) is 0 Å². The van der Waals surface area contributed by atoms with Crippen LogP contribution in [0.25, 0.3) is 0 Å². The Labute approximate surface area is 133 Å². The van der Waals surface area contributed by atoms with Gasteiger partial charge in [0.1, 0.15) is 5.78 Å². The number of carbonyl (C=O) groups excluding carboxylic acids is 2.